The summed E-state index contributed by atoms with van der Waals surface area (Å²) in [6.07, 6.45) is -4.56. The van der Waals surface area contributed by atoms with Crippen LogP contribution in [0.4, 0.5) is 18.0 Å². The molecule has 110 valence electrons. The maximum atomic E-state index is 11.9. The number of halogens is 3. The van der Waals surface area contributed by atoms with Gasteiger partial charge in [-0.1, -0.05) is 30.3 Å². The summed E-state index contributed by atoms with van der Waals surface area (Å²) < 4.78 is 35.7. The van der Waals surface area contributed by atoms with Crippen LogP contribution < -0.4 is 10.6 Å². The molecular formula is C12H13F3N2O3. The van der Waals surface area contributed by atoms with Gasteiger partial charge in [-0.3, -0.25) is 0 Å². The first kappa shape index (κ1) is 15.8. The van der Waals surface area contributed by atoms with Crippen molar-refractivity contribution in [1.29, 1.82) is 0 Å². The molecule has 0 bridgehead atoms. The smallest absolute Gasteiger partial charge is 0.405 e. The van der Waals surface area contributed by atoms with E-state index in [0.29, 0.717) is 5.56 Å². The zero-order chi connectivity index (χ0) is 15.2. The third kappa shape index (κ3) is 6.07. The zero-order valence-electron chi connectivity index (χ0n) is 10.3. The van der Waals surface area contributed by atoms with Crippen molar-refractivity contribution in [3.8, 4) is 0 Å². The van der Waals surface area contributed by atoms with Crippen LogP contribution in [0.5, 0.6) is 0 Å². The van der Waals surface area contributed by atoms with Gasteiger partial charge in [0.05, 0.1) is 0 Å². The minimum atomic E-state index is -4.55. The summed E-state index contributed by atoms with van der Waals surface area (Å²) in [5.41, 5.74) is 0.649. The molecule has 0 fully saturated rings. The number of benzene rings is 1. The summed E-state index contributed by atoms with van der Waals surface area (Å²) in [7, 11) is 0. The van der Waals surface area contributed by atoms with E-state index in [1.807, 2.05) is 5.32 Å². The Balaban J connectivity index is 2.55. The molecule has 0 aliphatic heterocycles. The van der Waals surface area contributed by atoms with Crippen molar-refractivity contribution in [2.45, 2.75) is 18.6 Å². The number of hydrogen-bond donors (Lipinski definition) is 3. The minimum Gasteiger partial charge on any atom is -0.480 e. The van der Waals surface area contributed by atoms with Crippen LogP contribution in [0.15, 0.2) is 30.3 Å². The Morgan fingerprint density at radius 1 is 1.20 bits per heavy atom. The van der Waals surface area contributed by atoms with Gasteiger partial charge >= 0.3 is 18.2 Å². The number of alkyl halides is 3. The fraction of sp³-hybridized carbons (Fsp3) is 0.333. The molecule has 8 heteroatoms. The van der Waals surface area contributed by atoms with Gasteiger partial charge in [0.2, 0.25) is 0 Å². The van der Waals surface area contributed by atoms with E-state index >= 15 is 0 Å². The van der Waals surface area contributed by atoms with Gasteiger partial charge in [-0.2, -0.15) is 13.2 Å². The van der Waals surface area contributed by atoms with E-state index in [2.05, 4.69) is 0 Å². The first-order valence-corrected chi connectivity index (χ1v) is 5.66. The van der Waals surface area contributed by atoms with Crippen molar-refractivity contribution in [1.82, 2.24) is 10.6 Å². The van der Waals surface area contributed by atoms with Gasteiger partial charge in [0.15, 0.2) is 0 Å². The highest BCUT2D eigenvalue weighted by Gasteiger charge is 2.28. The molecule has 3 N–H and O–H groups in total. The first-order chi connectivity index (χ1) is 9.28. The maximum Gasteiger partial charge on any atom is 0.405 e. The first-order valence-electron chi connectivity index (χ1n) is 5.66. The predicted octanol–water partition coefficient (Wildman–Crippen LogP) is 1.54. The Bertz CT molecular complexity index is 463. The summed E-state index contributed by atoms with van der Waals surface area (Å²) in [4.78, 5) is 22.2. The molecule has 1 rings (SSSR count). The van der Waals surface area contributed by atoms with Gasteiger partial charge in [0.1, 0.15) is 12.6 Å². The molecule has 0 aliphatic rings. The summed E-state index contributed by atoms with van der Waals surface area (Å²) >= 11 is 0. The predicted molar refractivity (Wildman–Crippen MR) is 64.2 cm³/mol. The van der Waals surface area contributed by atoms with Gasteiger partial charge in [-0.05, 0) is 5.56 Å². The Hall–Kier alpha value is -2.25. The number of aliphatic carboxylic acids is 1. The molecule has 0 heterocycles. The number of amides is 2. The summed E-state index contributed by atoms with van der Waals surface area (Å²) in [5, 5.41) is 12.5. The van der Waals surface area contributed by atoms with Gasteiger partial charge in [0.25, 0.3) is 0 Å². The summed E-state index contributed by atoms with van der Waals surface area (Å²) in [6, 6.07) is 5.96. The lowest BCUT2D eigenvalue weighted by Crippen LogP contribution is -2.49. The van der Waals surface area contributed by atoms with Crippen molar-refractivity contribution in [2.24, 2.45) is 0 Å². The highest BCUT2D eigenvalue weighted by atomic mass is 19.4. The van der Waals surface area contributed by atoms with E-state index in [-0.39, 0.29) is 6.42 Å². The average molecular weight is 290 g/mol. The third-order valence-electron chi connectivity index (χ3n) is 2.34. The Labute approximate surface area is 112 Å². The molecule has 0 saturated heterocycles. The van der Waals surface area contributed by atoms with Crippen LogP contribution in [0.25, 0.3) is 0 Å². The van der Waals surface area contributed by atoms with Crippen molar-refractivity contribution in [3.63, 3.8) is 0 Å². The van der Waals surface area contributed by atoms with Crippen LogP contribution in [-0.2, 0) is 11.2 Å². The number of nitrogens with one attached hydrogen (secondary N) is 2. The molecule has 5 nitrogen and oxygen atoms in total. The fourth-order valence-corrected chi connectivity index (χ4v) is 1.44. The SMILES string of the molecule is O=C(NCC(F)(F)F)N[C@@H](Cc1ccccc1)C(=O)O. The second-order valence-corrected chi connectivity index (χ2v) is 4.02. The van der Waals surface area contributed by atoms with Gasteiger partial charge in [-0.15, -0.1) is 0 Å². The highest BCUT2D eigenvalue weighted by Crippen LogP contribution is 2.12. The quantitative estimate of drug-likeness (QED) is 0.769. The number of carboxylic acid groups (broad SMARTS) is 1. The molecule has 0 aromatic heterocycles. The molecule has 0 saturated carbocycles. The van der Waals surface area contributed by atoms with Crippen molar-refractivity contribution in [2.75, 3.05) is 6.54 Å². The summed E-state index contributed by atoms with van der Waals surface area (Å²) in [5.74, 6) is -1.32. The van der Waals surface area contributed by atoms with Crippen LogP contribution in [0.2, 0.25) is 0 Å². The molecule has 1 aromatic rings. The molecule has 0 unspecified atom stereocenters. The summed E-state index contributed by atoms with van der Waals surface area (Å²) in [6.45, 7) is -1.52. The number of hydrogen-bond acceptors (Lipinski definition) is 2. The van der Waals surface area contributed by atoms with E-state index in [1.165, 1.54) is 0 Å². The van der Waals surface area contributed by atoms with Gasteiger partial charge in [-0.25, -0.2) is 9.59 Å². The second-order valence-electron chi connectivity index (χ2n) is 4.02. The highest BCUT2D eigenvalue weighted by molar-refractivity contribution is 5.82. The van der Waals surface area contributed by atoms with Crippen molar-refractivity contribution >= 4 is 12.0 Å². The van der Waals surface area contributed by atoms with Crippen LogP contribution in [0.1, 0.15) is 5.56 Å². The molecule has 20 heavy (non-hydrogen) atoms. The third-order valence-corrected chi connectivity index (χ3v) is 2.34. The topological polar surface area (TPSA) is 78.4 Å². The standard InChI is InChI=1S/C12H13F3N2O3/c13-12(14,15)7-16-11(20)17-9(10(18)19)6-8-4-2-1-3-5-8/h1-5,9H,6-7H2,(H,18,19)(H2,16,17,20)/t9-/m0/s1. The van der Waals surface area contributed by atoms with Crippen LogP contribution in [0.3, 0.4) is 0 Å². The van der Waals surface area contributed by atoms with Crippen molar-refractivity contribution in [3.05, 3.63) is 35.9 Å². The van der Waals surface area contributed by atoms with Gasteiger partial charge in [0, 0.05) is 6.42 Å². The molecular weight excluding hydrogens is 277 g/mol. The Morgan fingerprint density at radius 3 is 2.30 bits per heavy atom. The molecule has 0 radical (unpaired) electrons. The lowest BCUT2D eigenvalue weighted by atomic mass is 10.1. The molecule has 0 aliphatic carbocycles. The van der Waals surface area contributed by atoms with E-state index in [4.69, 9.17) is 5.11 Å². The van der Waals surface area contributed by atoms with Crippen LogP contribution in [0, 0.1) is 0 Å². The number of carbonyl (C=O) groups excluding carboxylic acids is 1. The minimum absolute atomic E-state index is 0.0182. The van der Waals surface area contributed by atoms with Crippen LogP contribution >= 0.6 is 0 Å². The largest absolute Gasteiger partial charge is 0.480 e. The monoisotopic (exact) mass is 290 g/mol. The fourth-order valence-electron chi connectivity index (χ4n) is 1.44. The number of carbonyl (C=O) groups is 2. The molecule has 1 atom stereocenters. The van der Waals surface area contributed by atoms with E-state index in [1.54, 1.807) is 35.6 Å². The number of carboxylic acids is 1. The van der Waals surface area contributed by atoms with E-state index in [0.717, 1.165) is 0 Å². The maximum absolute atomic E-state index is 11.9. The zero-order valence-corrected chi connectivity index (χ0v) is 10.3. The number of urea groups is 1. The molecule has 1 aromatic carbocycles. The Kier molecular flexibility index (Phi) is 5.36. The lowest BCUT2D eigenvalue weighted by Gasteiger charge is -2.16. The van der Waals surface area contributed by atoms with Crippen molar-refractivity contribution < 1.29 is 27.9 Å². The van der Waals surface area contributed by atoms with E-state index in [9.17, 15) is 22.8 Å². The average Bonchev–Trinajstić information content (AvgIpc) is 2.36. The Morgan fingerprint density at radius 2 is 1.80 bits per heavy atom. The van der Waals surface area contributed by atoms with Crippen LogP contribution in [-0.4, -0.2) is 35.9 Å². The number of rotatable bonds is 5. The van der Waals surface area contributed by atoms with Gasteiger partial charge < -0.3 is 15.7 Å². The molecule has 2 amide bonds. The second kappa shape index (κ2) is 6.78. The van der Waals surface area contributed by atoms with E-state index < -0.39 is 30.8 Å². The molecule has 0 spiro atoms. The normalized spacial score (nSPS) is 12.6. The lowest BCUT2D eigenvalue weighted by molar-refractivity contribution is -0.139.